The minimum absolute atomic E-state index is 0.508. The van der Waals surface area contributed by atoms with Crippen LogP contribution >= 0.6 is 0 Å². The first-order chi connectivity index (χ1) is 5.86. The van der Waals surface area contributed by atoms with E-state index in [2.05, 4.69) is 12.5 Å². The van der Waals surface area contributed by atoms with Crippen LogP contribution in [-0.2, 0) is 0 Å². The summed E-state index contributed by atoms with van der Waals surface area (Å²) in [6.07, 6.45) is 6.92. The van der Waals surface area contributed by atoms with Crippen LogP contribution in [0.4, 0.5) is 0 Å². The van der Waals surface area contributed by atoms with E-state index in [-0.39, 0.29) is 0 Å². The zero-order valence-corrected chi connectivity index (χ0v) is 6.79. The summed E-state index contributed by atoms with van der Waals surface area (Å²) in [6, 6.07) is 7.42. The second-order valence-corrected chi connectivity index (χ2v) is 2.27. The third kappa shape index (κ3) is 2.17. The van der Waals surface area contributed by atoms with Crippen LogP contribution in [0.2, 0.25) is 0 Å². The number of hydrogen-bond acceptors (Lipinski definition) is 1. The molecule has 12 heavy (non-hydrogen) atoms. The van der Waals surface area contributed by atoms with Crippen LogP contribution in [0.1, 0.15) is 5.56 Å². The summed E-state index contributed by atoms with van der Waals surface area (Å²) in [4.78, 5) is 0. The van der Waals surface area contributed by atoms with E-state index in [1.54, 1.807) is 6.08 Å². The second-order valence-electron chi connectivity index (χ2n) is 2.27. The number of terminal acetylenes is 1. The Kier molecular flexibility index (Phi) is 2.98. The topological polar surface area (TPSA) is 9.23 Å². The van der Waals surface area contributed by atoms with Gasteiger partial charge in [-0.05, 0) is 18.2 Å². The average Bonchev–Trinajstić information content (AvgIpc) is 2.15. The quantitative estimate of drug-likeness (QED) is 0.484. The molecule has 60 valence electrons. The zero-order valence-electron chi connectivity index (χ0n) is 6.79. The second kappa shape index (κ2) is 4.25. The molecule has 0 aromatic heterocycles. The molecule has 0 radical (unpaired) electrons. The number of ether oxygens (including phenoxy) is 1. The van der Waals surface area contributed by atoms with E-state index in [1.807, 2.05) is 24.3 Å². The summed E-state index contributed by atoms with van der Waals surface area (Å²) in [7, 11) is 0. The molecule has 1 nitrogen and oxygen atoms in total. The fraction of sp³-hybridized carbons (Fsp3) is 0.0909. The summed E-state index contributed by atoms with van der Waals surface area (Å²) in [5.41, 5.74) is 0.830. The van der Waals surface area contributed by atoms with Gasteiger partial charge in [0.05, 0.1) is 0 Å². The van der Waals surface area contributed by atoms with E-state index in [0.717, 1.165) is 11.3 Å². The Morgan fingerprint density at radius 3 is 3.08 bits per heavy atom. The van der Waals surface area contributed by atoms with Gasteiger partial charge in [-0.1, -0.05) is 24.6 Å². The minimum Gasteiger partial charge on any atom is -0.490 e. The largest absolute Gasteiger partial charge is 0.490 e. The Bertz CT molecular complexity index is 307. The smallest absolute Gasteiger partial charge is 0.121 e. The molecule has 0 saturated carbocycles. The molecule has 0 fully saturated rings. The lowest BCUT2D eigenvalue weighted by atomic mass is 10.2. The first-order valence-corrected chi connectivity index (χ1v) is 3.67. The third-order valence-electron chi connectivity index (χ3n) is 1.37. The van der Waals surface area contributed by atoms with Crippen LogP contribution in [0.3, 0.4) is 0 Å². The maximum atomic E-state index is 5.28. The first kappa shape index (κ1) is 8.42. The van der Waals surface area contributed by atoms with Crippen LogP contribution in [0.15, 0.2) is 36.9 Å². The predicted octanol–water partition coefficient (Wildman–Crippen LogP) is 2.23. The van der Waals surface area contributed by atoms with E-state index in [1.165, 1.54) is 0 Å². The SMILES string of the molecule is C#Cc1cccc(OCC=C)c1. The third-order valence-corrected chi connectivity index (χ3v) is 1.37. The number of hydrogen-bond donors (Lipinski definition) is 0. The highest BCUT2D eigenvalue weighted by Crippen LogP contribution is 2.11. The van der Waals surface area contributed by atoms with Crippen LogP contribution in [0.25, 0.3) is 0 Å². The summed E-state index contributed by atoms with van der Waals surface area (Å²) in [5.74, 6) is 3.32. The summed E-state index contributed by atoms with van der Waals surface area (Å²) >= 11 is 0. The van der Waals surface area contributed by atoms with Gasteiger partial charge in [0.2, 0.25) is 0 Å². The summed E-state index contributed by atoms with van der Waals surface area (Å²) in [6.45, 7) is 4.06. The normalized spacial score (nSPS) is 8.58. The maximum Gasteiger partial charge on any atom is 0.121 e. The molecular weight excluding hydrogens is 148 g/mol. The van der Waals surface area contributed by atoms with Crippen molar-refractivity contribution < 1.29 is 4.74 Å². The van der Waals surface area contributed by atoms with E-state index < -0.39 is 0 Å². The molecule has 0 aliphatic carbocycles. The first-order valence-electron chi connectivity index (χ1n) is 3.67. The molecule has 1 heteroatoms. The molecular formula is C11H10O. The molecule has 0 unspecified atom stereocenters. The maximum absolute atomic E-state index is 5.28. The van der Waals surface area contributed by atoms with Crippen molar-refractivity contribution in [2.45, 2.75) is 0 Å². The minimum atomic E-state index is 0.508. The van der Waals surface area contributed by atoms with Gasteiger partial charge in [0.1, 0.15) is 12.4 Å². The highest BCUT2D eigenvalue weighted by molar-refractivity contribution is 5.38. The lowest BCUT2D eigenvalue weighted by molar-refractivity contribution is 0.363. The predicted molar refractivity (Wildman–Crippen MR) is 50.1 cm³/mol. The summed E-state index contributed by atoms with van der Waals surface area (Å²) in [5, 5.41) is 0. The van der Waals surface area contributed by atoms with Crippen LogP contribution in [0, 0.1) is 12.3 Å². The number of benzene rings is 1. The Hall–Kier alpha value is -1.68. The Morgan fingerprint density at radius 2 is 2.42 bits per heavy atom. The van der Waals surface area contributed by atoms with Crippen molar-refractivity contribution in [1.82, 2.24) is 0 Å². The van der Waals surface area contributed by atoms with Gasteiger partial charge in [0.15, 0.2) is 0 Å². The highest BCUT2D eigenvalue weighted by atomic mass is 16.5. The summed E-state index contributed by atoms with van der Waals surface area (Å²) < 4.78 is 5.28. The Labute approximate surface area is 72.7 Å². The van der Waals surface area contributed by atoms with Crippen LogP contribution in [-0.4, -0.2) is 6.61 Å². The molecule has 0 aliphatic heterocycles. The van der Waals surface area contributed by atoms with Gasteiger partial charge < -0.3 is 4.74 Å². The average molecular weight is 158 g/mol. The van der Waals surface area contributed by atoms with Gasteiger partial charge in [-0.15, -0.1) is 6.42 Å². The molecule has 1 rings (SSSR count). The van der Waals surface area contributed by atoms with Gasteiger partial charge in [0.25, 0.3) is 0 Å². The number of rotatable bonds is 3. The molecule has 0 N–H and O–H groups in total. The van der Waals surface area contributed by atoms with Crippen LogP contribution in [0.5, 0.6) is 5.75 Å². The van der Waals surface area contributed by atoms with Crippen molar-refractivity contribution in [2.24, 2.45) is 0 Å². The fourth-order valence-electron chi connectivity index (χ4n) is 0.831. The molecule has 0 amide bonds. The molecule has 0 bridgehead atoms. The zero-order chi connectivity index (χ0) is 8.81. The molecule has 1 aromatic carbocycles. The fourth-order valence-corrected chi connectivity index (χ4v) is 0.831. The molecule has 0 atom stereocenters. The van der Waals surface area contributed by atoms with Gasteiger partial charge in [-0.3, -0.25) is 0 Å². The standard InChI is InChI=1S/C11H10O/c1-3-8-12-11-7-5-6-10(4-2)9-11/h2-3,5-7,9H,1,8H2. The molecule has 0 spiro atoms. The van der Waals surface area contributed by atoms with E-state index >= 15 is 0 Å². The van der Waals surface area contributed by atoms with E-state index in [9.17, 15) is 0 Å². The van der Waals surface area contributed by atoms with Crippen molar-refractivity contribution >= 4 is 0 Å². The van der Waals surface area contributed by atoms with Gasteiger partial charge in [-0.25, -0.2) is 0 Å². The van der Waals surface area contributed by atoms with Gasteiger partial charge in [-0.2, -0.15) is 0 Å². The van der Waals surface area contributed by atoms with Crippen molar-refractivity contribution in [1.29, 1.82) is 0 Å². The van der Waals surface area contributed by atoms with Gasteiger partial charge >= 0.3 is 0 Å². The lowest BCUT2D eigenvalue weighted by Gasteiger charge is -2.02. The highest BCUT2D eigenvalue weighted by Gasteiger charge is 1.91. The Balaban J connectivity index is 2.74. The lowest BCUT2D eigenvalue weighted by Crippen LogP contribution is -1.92. The van der Waals surface area contributed by atoms with Gasteiger partial charge in [0, 0.05) is 5.56 Å². The monoisotopic (exact) mass is 158 g/mol. The van der Waals surface area contributed by atoms with E-state index in [0.29, 0.717) is 6.61 Å². The van der Waals surface area contributed by atoms with Crippen molar-refractivity contribution in [3.8, 4) is 18.1 Å². The van der Waals surface area contributed by atoms with Crippen molar-refractivity contribution in [3.05, 3.63) is 42.5 Å². The molecule has 1 aromatic rings. The van der Waals surface area contributed by atoms with Crippen molar-refractivity contribution in [3.63, 3.8) is 0 Å². The molecule has 0 heterocycles. The molecule has 0 aliphatic rings. The van der Waals surface area contributed by atoms with E-state index in [4.69, 9.17) is 11.2 Å². The Morgan fingerprint density at radius 1 is 1.58 bits per heavy atom. The van der Waals surface area contributed by atoms with Crippen molar-refractivity contribution in [2.75, 3.05) is 6.61 Å². The molecule has 0 saturated heterocycles. The van der Waals surface area contributed by atoms with Crippen LogP contribution < -0.4 is 4.74 Å².